The number of carbonyl (C=O) groups is 2. The Labute approximate surface area is 108 Å². The summed E-state index contributed by atoms with van der Waals surface area (Å²) in [5, 5.41) is 11.7. The third-order valence-corrected chi connectivity index (χ3v) is 2.98. The first kappa shape index (κ1) is 15.7. The zero-order valence-electron chi connectivity index (χ0n) is 10.5. The fourth-order valence-electron chi connectivity index (χ4n) is 2.21. The fourth-order valence-corrected chi connectivity index (χ4v) is 2.21. The van der Waals surface area contributed by atoms with Crippen LogP contribution in [0, 0.1) is 5.92 Å². The second-order valence-corrected chi connectivity index (χ2v) is 4.78. The second-order valence-electron chi connectivity index (χ2n) is 4.78. The van der Waals surface area contributed by atoms with Gasteiger partial charge >= 0.3 is 12.1 Å². The van der Waals surface area contributed by atoms with E-state index in [1.54, 1.807) is 0 Å². The van der Waals surface area contributed by atoms with E-state index in [2.05, 4.69) is 5.32 Å². The molecule has 2 unspecified atom stereocenters. The van der Waals surface area contributed by atoms with Crippen molar-refractivity contribution in [3.63, 3.8) is 0 Å². The van der Waals surface area contributed by atoms with Crippen LogP contribution in [0.1, 0.15) is 19.8 Å². The van der Waals surface area contributed by atoms with Crippen LogP contribution in [0.15, 0.2) is 0 Å². The molecule has 0 bridgehead atoms. The van der Waals surface area contributed by atoms with Crippen molar-refractivity contribution < 1.29 is 27.9 Å². The van der Waals surface area contributed by atoms with Gasteiger partial charge in [0, 0.05) is 12.0 Å². The molecule has 0 spiro atoms. The smallest absolute Gasteiger partial charge is 0.406 e. The van der Waals surface area contributed by atoms with E-state index in [0.29, 0.717) is 24.3 Å². The van der Waals surface area contributed by atoms with Crippen LogP contribution in [0.5, 0.6) is 0 Å². The standard InChI is InChI=1S/C11H17F3N2O3/c1-7-4-8(2-3-15-7)10(19)16(5-9(17)18)6-11(12,13)14/h7-8,15H,2-6H2,1H3,(H,17,18). The number of carboxylic acids is 1. The van der Waals surface area contributed by atoms with Crippen LogP contribution < -0.4 is 5.32 Å². The molecule has 1 amide bonds. The largest absolute Gasteiger partial charge is 0.480 e. The maximum atomic E-state index is 12.4. The zero-order chi connectivity index (χ0) is 14.6. The molecule has 8 heteroatoms. The first-order valence-corrected chi connectivity index (χ1v) is 5.99. The van der Waals surface area contributed by atoms with Crippen molar-refractivity contribution in [2.24, 2.45) is 5.92 Å². The number of carboxylic acid groups (broad SMARTS) is 1. The number of halogens is 3. The molecule has 2 atom stereocenters. The van der Waals surface area contributed by atoms with Gasteiger partial charge in [-0.05, 0) is 26.3 Å². The summed E-state index contributed by atoms with van der Waals surface area (Å²) in [6.07, 6.45) is -3.74. The topological polar surface area (TPSA) is 69.6 Å². The zero-order valence-corrected chi connectivity index (χ0v) is 10.5. The van der Waals surface area contributed by atoms with Gasteiger partial charge < -0.3 is 15.3 Å². The molecule has 0 radical (unpaired) electrons. The Kier molecular flexibility index (Phi) is 5.16. The van der Waals surface area contributed by atoms with Gasteiger partial charge in [-0.15, -0.1) is 0 Å². The lowest BCUT2D eigenvalue weighted by atomic mass is 9.92. The monoisotopic (exact) mass is 282 g/mol. The lowest BCUT2D eigenvalue weighted by Crippen LogP contribution is -2.48. The maximum absolute atomic E-state index is 12.4. The number of aliphatic carboxylic acids is 1. The molecule has 1 aliphatic heterocycles. The number of alkyl halides is 3. The van der Waals surface area contributed by atoms with E-state index in [-0.39, 0.29) is 6.04 Å². The minimum atomic E-state index is -4.59. The summed E-state index contributed by atoms with van der Waals surface area (Å²) in [5.41, 5.74) is 0. The van der Waals surface area contributed by atoms with Crippen LogP contribution in [0.4, 0.5) is 13.2 Å². The Morgan fingerprint density at radius 3 is 2.53 bits per heavy atom. The van der Waals surface area contributed by atoms with E-state index >= 15 is 0 Å². The molecule has 5 nitrogen and oxygen atoms in total. The first-order valence-electron chi connectivity index (χ1n) is 5.99. The highest BCUT2D eigenvalue weighted by atomic mass is 19.4. The average Bonchev–Trinajstić information content (AvgIpc) is 2.24. The number of nitrogens with one attached hydrogen (secondary N) is 1. The van der Waals surface area contributed by atoms with Crippen molar-refractivity contribution in [2.45, 2.75) is 32.0 Å². The van der Waals surface area contributed by atoms with E-state index in [1.165, 1.54) is 0 Å². The van der Waals surface area contributed by atoms with Gasteiger partial charge in [0.25, 0.3) is 0 Å². The van der Waals surface area contributed by atoms with E-state index < -0.39 is 37.1 Å². The highest BCUT2D eigenvalue weighted by Gasteiger charge is 2.37. The first-order chi connectivity index (χ1) is 8.69. The minimum Gasteiger partial charge on any atom is -0.480 e. The Morgan fingerprint density at radius 2 is 2.05 bits per heavy atom. The summed E-state index contributed by atoms with van der Waals surface area (Å²) in [4.78, 5) is 22.9. The molecule has 1 fully saturated rings. The maximum Gasteiger partial charge on any atom is 0.406 e. The van der Waals surface area contributed by atoms with Crippen LogP contribution in [0.2, 0.25) is 0 Å². The summed E-state index contributed by atoms with van der Waals surface area (Å²) >= 11 is 0. The Hall–Kier alpha value is -1.31. The van der Waals surface area contributed by atoms with Crippen LogP contribution in [-0.2, 0) is 9.59 Å². The molecule has 1 rings (SSSR count). The lowest BCUT2D eigenvalue weighted by Gasteiger charge is -2.31. The molecule has 1 aliphatic rings. The molecule has 0 aromatic heterocycles. The number of nitrogens with zero attached hydrogens (tertiary/aromatic N) is 1. The molecule has 0 aromatic carbocycles. The van der Waals surface area contributed by atoms with Crippen molar-refractivity contribution in [2.75, 3.05) is 19.6 Å². The molecule has 0 saturated carbocycles. The summed E-state index contributed by atoms with van der Waals surface area (Å²) < 4.78 is 37.1. The van der Waals surface area contributed by atoms with Gasteiger partial charge in [-0.2, -0.15) is 13.2 Å². The van der Waals surface area contributed by atoms with Gasteiger partial charge in [-0.1, -0.05) is 0 Å². The summed E-state index contributed by atoms with van der Waals surface area (Å²) in [5.74, 6) is -2.72. The van der Waals surface area contributed by atoms with Gasteiger partial charge in [0.2, 0.25) is 5.91 Å². The van der Waals surface area contributed by atoms with Gasteiger partial charge in [-0.3, -0.25) is 9.59 Å². The molecule has 2 N–H and O–H groups in total. The summed E-state index contributed by atoms with van der Waals surface area (Å²) in [6, 6.07) is 0.0419. The molecule has 110 valence electrons. The Bertz CT molecular complexity index is 347. The molecule has 19 heavy (non-hydrogen) atoms. The van der Waals surface area contributed by atoms with E-state index in [1.807, 2.05) is 6.92 Å². The SMILES string of the molecule is CC1CC(C(=O)N(CC(=O)O)CC(F)(F)F)CCN1. The van der Waals surface area contributed by atoms with E-state index in [9.17, 15) is 22.8 Å². The lowest BCUT2D eigenvalue weighted by molar-refractivity contribution is -0.168. The van der Waals surface area contributed by atoms with Crippen molar-refractivity contribution in [1.29, 1.82) is 0 Å². The third kappa shape index (κ3) is 5.46. The number of piperidine rings is 1. The second kappa shape index (κ2) is 6.23. The molecule has 1 saturated heterocycles. The highest BCUT2D eigenvalue weighted by Crippen LogP contribution is 2.22. The van der Waals surface area contributed by atoms with Crippen molar-refractivity contribution in [3.8, 4) is 0 Å². The van der Waals surface area contributed by atoms with Crippen LogP contribution in [0.25, 0.3) is 0 Å². The number of rotatable bonds is 4. The molecule has 0 aromatic rings. The minimum absolute atomic E-state index is 0.0419. The fraction of sp³-hybridized carbons (Fsp3) is 0.818. The third-order valence-electron chi connectivity index (χ3n) is 2.98. The molecular weight excluding hydrogens is 265 g/mol. The normalized spacial score (nSPS) is 24.0. The molecule has 1 heterocycles. The van der Waals surface area contributed by atoms with Crippen LogP contribution in [0.3, 0.4) is 0 Å². The van der Waals surface area contributed by atoms with Gasteiger partial charge in [-0.25, -0.2) is 0 Å². The summed E-state index contributed by atoms with van der Waals surface area (Å²) in [6.45, 7) is -0.0532. The van der Waals surface area contributed by atoms with Gasteiger partial charge in [0.1, 0.15) is 13.1 Å². The van der Waals surface area contributed by atoms with Gasteiger partial charge in [0.05, 0.1) is 0 Å². The molecule has 0 aliphatic carbocycles. The van der Waals surface area contributed by atoms with Crippen molar-refractivity contribution >= 4 is 11.9 Å². The summed E-state index contributed by atoms with van der Waals surface area (Å²) in [7, 11) is 0. The van der Waals surface area contributed by atoms with E-state index in [0.717, 1.165) is 0 Å². The highest BCUT2D eigenvalue weighted by molar-refractivity contribution is 5.83. The number of amides is 1. The predicted molar refractivity (Wildman–Crippen MR) is 60.5 cm³/mol. The van der Waals surface area contributed by atoms with Gasteiger partial charge in [0.15, 0.2) is 0 Å². The predicted octanol–water partition coefficient (Wildman–Crippen LogP) is 0.850. The molecular formula is C11H17F3N2O3. The number of hydrogen-bond donors (Lipinski definition) is 2. The Balaban J connectivity index is 2.72. The van der Waals surface area contributed by atoms with Crippen LogP contribution in [-0.4, -0.2) is 53.7 Å². The average molecular weight is 282 g/mol. The number of hydrogen-bond acceptors (Lipinski definition) is 3. The van der Waals surface area contributed by atoms with E-state index in [4.69, 9.17) is 5.11 Å². The van der Waals surface area contributed by atoms with Crippen LogP contribution >= 0.6 is 0 Å². The number of carbonyl (C=O) groups excluding carboxylic acids is 1. The Morgan fingerprint density at radius 1 is 1.42 bits per heavy atom. The quantitative estimate of drug-likeness (QED) is 0.802. The van der Waals surface area contributed by atoms with Crippen molar-refractivity contribution in [3.05, 3.63) is 0 Å². The van der Waals surface area contributed by atoms with Crippen molar-refractivity contribution in [1.82, 2.24) is 10.2 Å².